The van der Waals surface area contributed by atoms with Gasteiger partial charge in [-0.25, -0.2) is 4.79 Å². The van der Waals surface area contributed by atoms with Crippen molar-refractivity contribution in [3.63, 3.8) is 0 Å². The van der Waals surface area contributed by atoms with Gasteiger partial charge in [-0.2, -0.15) is 11.8 Å². The zero-order chi connectivity index (χ0) is 72.3. The van der Waals surface area contributed by atoms with E-state index in [4.69, 9.17) is 17.2 Å². The average Bonchev–Trinajstić information content (AvgIpc) is 0.903. The Bertz CT molecular complexity index is 2570. The number of rotatable bonds is 48. The van der Waals surface area contributed by atoms with Gasteiger partial charge in [0.05, 0.1) is 25.7 Å². The van der Waals surface area contributed by atoms with Crippen molar-refractivity contribution in [3.8, 4) is 0 Å². The number of hydrogen-bond donors (Lipinski definition) is 22. The summed E-state index contributed by atoms with van der Waals surface area (Å²) in [5, 5.41) is 96.1. The van der Waals surface area contributed by atoms with Crippen LogP contribution in [0.4, 0.5) is 0 Å². The molecule has 37 nitrogen and oxygen atoms in total. The van der Waals surface area contributed by atoms with Crippen LogP contribution in [0.25, 0.3) is 0 Å². The molecule has 13 atom stereocenters. The third kappa shape index (κ3) is 34.9. The van der Waals surface area contributed by atoms with Crippen molar-refractivity contribution >= 4 is 101 Å². The lowest BCUT2D eigenvalue weighted by molar-refractivity contribution is -0.143. The van der Waals surface area contributed by atoms with Gasteiger partial charge in [-0.05, 0) is 102 Å². The van der Waals surface area contributed by atoms with Crippen LogP contribution in [0.15, 0.2) is 0 Å². The second kappa shape index (κ2) is 44.7. The molecule has 0 bridgehead atoms. The molecule has 0 aliphatic heterocycles. The Morgan fingerprint density at radius 1 is 0.383 bits per heavy atom. The predicted octanol–water partition coefficient (Wildman–Crippen LogP) is -7.22. The molecule has 0 aliphatic carbocycles. The molecule has 11 amide bonds. The van der Waals surface area contributed by atoms with Gasteiger partial charge in [-0.3, -0.25) is 72.4 Å². The summed E-state index contributed by atoms with van der Waals surface area (Å²) in [6.07, 6.45) is -5.11. The molecule has 0 aromatic carbocycles. The molecule has 0 rings (SSSR count). The highest BCUT2D eigenvalue weighted by molar-refractivity contribution is 7.98. The van der Waals surface area contributed by atoms with Gasteiger partial charge < -0.3 is 111 Å². The third-order valence-electron chi connectivity index (χ3n) is 13.7. The van der Waals surface area contributed by atoms with E-state index in [2.05, 4.69) is 63.8 Å². The van der Waals surface area contributed by atoms with E-state index < -0.39 is 231 Å². The van der Waals surface area contributed by atoms with Crippen molar-refractivity contribution in [2.24, 2.45) is 35.0 Å². The summed E-state index contributed by atoms with van der Waals surface area (Å²) in [6.45, 7) is 10.4. The lowest BCUT2D eigenvalue weighted by Gasteiger charge is -2.28. The molecule has 94 heavy (non-hydrogen) atoms. The van der Waals surface area contributed by atoms with Crippen molar-refractivity contribution in [1.82, 2.24) is 63.8 Å². The number of hydrogen-bond acceptors (Lipinski definition) is 23. The normalized spacial score (nSPS) is 15.5. The van der Waals surface area contributed by atoms with Crippen molar-refractivity contribution in [2.75, 3.05) is 31.8 Å². The number of carboxylic acids is 4. The Kier molecular flexibility index (Phi) is 40.9. The number of carboxylic acid groups (broad SMARTS) is 4. The highest BCUT2D eigenvalue weighted by Crippen LogP contribution is 2.13. The molecule has 0 fully saturated rings. The van der Waals surface area contributed by atoms with Crippen molar-refractivity contribution in [1.29, 1.82) is 0 Å². The number of aliphatic hydroxyl groups is 3. The van der Waals surface area contributed by atoms with Gasteiger partial charge in [0.2, 0.25) is 65.0 Å². The largest absolute Gasteiger partial charge is 0.481 e. The number of nitrogens with one attached hydrogen (secondary N) is 12. The number of thioether (sulfide) groups is 1. The molecule has 0 saturated heterocycles. The highest BCUT2D eigenvalue weighted by Gasteiger charge is 2.38. The van der Waals surface area contributed by atoms with Crippen LogP contribution in [-0.4, -0.2) is 241 Å². The van der Waals surface area contributed by atoms with Gasteiger partial charge in [0.15, 0.2) is 0 Å². The Balaban J connectivity index is 6.85. The Morgan fingerprint density at radius 3 is 1.05 bits per heavy atom. The zero-order valence-electron chi connectivity index (χ0n) is 54.3. The summed E-state index contributed by atoms with van der Waals surface area (Å²) in [5.74, 6) is -18.9. The third-order valence-corrected chi connectivity index (χ3v) is 14.3. The fourth-order valence-corrected chi connectivity index (χ4v) is 9.11. The lowest BCUT2D eigenvalue weighted by atomic mass is 10.0. The Labute approximate surface area is 548 Å². The summed E-state index contributed by atoms with van der Waals surface area (Å²) >= 11 is 1.26. The summed E-state index contributed by atoms with van der Waals surface area (Å²) in [5.41, 5.74) is 16.8. The fraction of sp³-hybridized carbons (Fsp3) is 0.732. The topological polar surface area (TPSA) is 620 Å². The molecule has 0 heterocycles. The molecule has 25 N–H and O–H groups in total. The summed E-state index contributed by atoms with van der Waals surface area (Å²) in [4.78, 5) is 198. The van der Waals surface area contributed by atoms with Crippen molar-refractivity contribution in [2.45, 2.75) is 211 Å². The van der Waals surface area contributed by atoms with Crippen LogP contribution in [0.2, 0.25) is 0 Å². The molecule has 0 aliphatic rings. The predicted molar refractivity (Wildman–Crippen MR) is 335 cm³/mol. The first-order valence-electron chi connectivity index (χ1n) is 30.4. The van der Waals surface area contributed by atoms with Crippen LogP contribution in [0, 0.1) is 17.8 Å². The molecule has 0 aromatic heterocycles. The fourth-order valence-electron chi connectivity index (χ4n) is 8.64. The van der Waals surface area contributed by atoms with Crippen LogP contribution in [0.3, 0.4) is 0 Å². The minimum atomic E-state index is -2.07. The second-order valence-corrected chi connectivity index (χ2v) is 24.6. The van der Waals surface area contributed by atoms with Gasteiger partial charge in [0, 0.05) is 12.8 Å². The quantitative estimate of drug-likeness (QED) is 0.0199. The first-order valence-corrected chi connectivity index (χ1v) is 31.8. The van der Waals surface area contributed by atoms with E-state index >= 15 is 0 Å². The maximum atomic E-state index is 14.2. The minimum absolute atomic E-state index is 0.0374. The van der Waals surface area contributed by atoms with E-state index in [1.54, 1.807) is 47.8 Å². The second-order valence-electron chi connectivity index (χ2n) is 23.6. The van der Waals surface area contributed by atoms with Gasteiger partial charge in [0.25, 0.3) is 0 Å². The number of carbonyl (C=O) groups excluding carboxylic acids is 11. The molecule has 0 unspecified atom stereocenters. The molecule has 0 saturated carbocycles. The number of aliphatic carboxylic acids is 4. The molecular weight excluding hydrogens is 1270 g/mol. The first kappa shape index (κ1) is 86.1. The molecule has 38 heteroatoms. The lowest BCUT2D eigenvalue weighted by Crippen LogP contribution is -2.61. The van der Waals surface area contributed by atoms with E-state index in [1.165, 1.54) is 25.6 Å². The van der Waals surface area contributed by atoms with Crippen LogP contribution < -0.4 is 81.0 Å². The van der Waals surface area contributed by atoms with Gasteiger partial charge in [-0.1, -0.05) is 41.5 Å². The maximum Gasteiger partial charge on any atom is 0.328 e. The van der Waals surface area contributed by atoms with Crippen LogP contribution in [0.1, 0.15) is 126 Å². The van der Waals surface area contributed by atoms with Crippen LogP contribution in [-0.2, 0) is 71.9 Å². The minimum Gasteiger partial charge on any atom is -0.481 e. The van der Waals surface area contributed by atoms with Gasteiger partial charge in [-0.15, -0.1) is 0 Å². The smallest absolute Gasteiger partial charge is 0.328 e. The molecule has 0 spiro atoms. The Morgan fingerprint density at radius 2 is 0.702 bits per heavy atom. The maximum absolute atomic E-state index is 14.2. The first-order chi connectivity index (χ1) is 43.8. The van der Waals surface area contributed by atoms with Gasteiger partial charge >= 0.3 is 23.9 Å². The standard InChI is InChI=1S/C56H99N15O22S/c1-25(2)19-34(49(86)64-33(16-18-94-9)45(82)61-28(7)44(81)70-38(23-72)53(90)68-36(21-27(5)6)51(88)71-39(24-73)55(92)93)66-48(85)32(13-15-41(77)78)63-52(89)37(22-42(79)80)69-50(87)35(20-26(3)4)67-47(84)31(12-14-40(75)76)62-46(83)30(11-10-17-60-56(58)59)65-54(91)43(57)29(8)74/h25-39,43,56,60,72-74H,10-24,57-59H2,1-9H3,(H,61,82)(H,62,83)(H,63,89)(H,64,86)(H,65,91)(H,66,85)(H,67,84)(H,68,90)(H,69,87)(H,70,81)(H,71,88)(H,75,76)(H,77,78)(H,79,80)(H,92,93)/t28-,29+,30-,31-,32-,33-,34-,35-,36-,37-,38-,39-,43-/m0/s1. The SMILES string of the molecule is CSCC[C@H](NC(=O)[C@H](CC(C)C)NC(=O)[C@H](CCC(=O)O)NC(=O)[C@H](CC(=O)O)NC(=O)[C@H](CC(C)C)NC(=O)[C@H](CCC(=O)O)NC(=O)[C@H](CCCNC(N)N)NC(=O)[C@@H](N)[C@@H](C)O)C(=O)N[C@@H](C)C(=O)N[C@@H](CO)C(=O)N[C@@H](CC(C)C)C(=O)N[C@@H](CO)C(=O)O. The highest BCUT2D eigenvalue weighted by atomic mass is 32.2. The number of nitrogens with two attached hydrogens (primary N) is 3. The van der Waals surface area contributed by atoms with Crippen molar-refractivity contribution < 1.29 is 108 Å². The van der Waals surface area contributed by atoms with E-state index in [1.807, 2.05) is 0 Å². The van der Waals surface area contributed by atoms with Crippen molar-refractivity contribution in [3.05, 3.63) is 0 Å². The zero-order valence-corrected chi connectivity index (χ0v) is 55.1. The number of aliphatic hydroxyl groups excluding tert-OH is 3. The summed E-state index contributed by atoms with van der Waals surface area (Å²) in [7, 11) is 0. The molecule has 0 radical (unpaired) electrons. The average molecular weight is 1370 g/mol. The van der Waals surface area contributed by atoms with E-state index in [0.717, 1.165) is 0 Å². The van der Waals surface area contributed by atoms with E-state index in [0.29, 0.717) is 0 Å². The van der Waals surface area contributed by atoms with Crippen LogP contribution >= 0.6 is 11.8 Å². The van der Waals surface area contributed by atoms with Gasteiger partial charge in [0.1, 0.15) is 78.8 Å². The number of carbonyl (C=O) groups is 15. The Hall–Kier alpha value is -7.88. The monoisotopic (exact) mass is 1370 g/mol. The van der Waals surface area contributed by atoms with E-state index in [9.17, 15) is 108 Å². The molecular formula is C56H99N15O22S. The van der Waals surface area contributed by atoms with Crippen LogP contribution in [0.5, 0.6) is 0 Å². The molecule has 536 valence electrons. The summed E-state index contributed by atoms with van der Waals surface area (Å²) in [6, 6.07) is -19.5. The summed E-state index contributed by atoms with van der Waals surface area (Å²) < 4.78 is 0. The van der Waals surface area contributed by atoms with E-state index in [-0.39, 0.29) is 56.7 Å². The number of amides is 11. The molecule has 0 aromatic rings.